The topological polar surface area (TPSA) is 0 Å². The zero-order valence-corrected chi connectivity index (χ0v) is 15.2. The zero-order chi connectivity index (χ0) is 16.8. The average molecular weight is 319 g/mol. The first-order chi connectivity index (χ1) is 11.8. The van der Waals surface area contributed by atoms with E-state index in [4.69, 9.17) is 0 Å². The van der Waals surface area contributed by atoms with Crippen molar-refractivity contribution < 1.29 is 0 Å². The number of aryl methyl sites for hydroxylation is 1. The van der Waals surface area contributed by atoms with Crippen molar-refractivity contribution in [3.63, 3.8) is 0 Å². The summed E-state index contributed by atoms with van der Waals surface area (Å²) in [6.07, 6.45) is 11.4. The molecule has 0 bridgehead atoms. The van der Waals surface area contributed by atoms with E-state index in [1.807, 2.05) is 0 Å². The van der Waals surface area contributed by atoms with Gasteiger partial charge in [0.2, 0.25) is 0 Å². The molecule has 0 fully saturated rings. The molecule has 0 saturated carbocycles. The lowest BCUT2D eigenvalue weighted by atomic mass is 9.87. The maximum Gasteiger partial charge on any atom is -0.0184 e. The molecular weight excluding hydrogens is 288 g/mol. The van der Waals surface area contributed by atoms with E-state index in [9.17, 15) is 0 Å². The van der Waals surface area contributed by atoms with Gasteiger partial charge >= 0.3 is 0 Å². The van der Waals surface area contributed by atoms with Gasteiger partial charge < -0.3 is 0 Å². The van der Waals surface area contributed by atoms with Crippen LogP contribution in [-0.4, -0.2) is 0 Å². The van der Waals surface area contributed by atoms with Crippen LogP contribution in [0.4, 0.5) is 0 Å². The summed E-state index contributed by atoms with van der Waals surface area (Å²) >= 11 is 0. The van der Waals surface area contributed by atoms with Crippen LogP contribution in [-0.2, 0) is 6.42 Å². The minimum atomic E-state index is 0.851. The molecule has 24 heavy (non-hydrogen) atoms. The van der Waals surface area contributed by atoms with Crippen molar-refractivity contribution in [3.8, 4) is 11.1 Å². The Morgan fingerprint density at radius 3 is 2.04 bits per heavy atom. The van der Waals surface area contributed by atoms with Crippen molar-refractivity contribution in [1.29, 1.82) is 0 Å². The fraction of sp³-hybridized carbons (Fsp3) is 0.417. The van der Waals surface area contributed by atoms with Gasteiger partial charge in [0.15, 0.2) is 0 Å². The van der Waals surface area contributed by atoms with Gasteiger partial charge in [-0.1, -0.05) is 81.3 Å². The highest BCUT2D eigenvalue weighted by atomic mass is 14.2. The van der Waals surface area contributed by atoms with Crippen LogP contribution in [0.25, 0.3) is 16.7 Å². The van der Waals surface area contributed by atoms with Gasteiger partial charge in [-0.05, 0) is 65.8 Å². The maximum atomic E-state index is 2.44. The summed E-state index contributed by atoms with van der Waals surface area (Å²) in [7, 11) is 0. The fourth-order valence-corrected chi connectivity index (χ4v) is 3.55. The third-order valence-corrected chi connectivity index (χ3v) is 5.29. The molecule has 0 heterocycles. The number of hydrogen-bond donors (Lipinski definition) is 0. The van der Waals surface area contributed by atoms with E-state index in [0.717, 1.165) is 5.92 Å². The van der Waals surface area contributed by atoms with Gasteiger partial charge in [0, 0.05) is 0 Å². The van der Waals surface area contributed by atoms with E-state index in [1.165, 1.54) is 72.8 Å². The summed E-state index contributed by atoms with van der Waals surface area (Å²) in [5.41, 5.74) is 7.05. The Morgan fingerprint density at radius 2 is 1.46 bits per heavy atom. The molecule has 0 saturated heterocycles. The van der Waals surface area contributed by atoms with Gasteiger partial charge in [0.25, 0.3) is 0 Å². The molecular formula is C24H30. The molecule has 0 aromatic heterocycles. The normalized spacial score (nSPS) is 17.6. The molecule has 1 atom stereocenters. The lowest BCUT2D eigenvalue weighted by Gasteiger charge is -2.18. The summed E-state index contributed by atoms with van der Waals surface area (Å²) in [6.45, 7) is 4.61. The Morgan fingerprint density at radius 1 is 0.833 bits per heavy atom. The summed E-state index contributed by atoms with van der Waals surface area (Å²) in [4.78, 5) is 0. The Labute approximate surface area is 147 Å². The van der Waals surface area contributed by atoms with Crippen molar-refractivity contribution in [2.24, 2.45) is 5.92 Å². The molecule has 0 radical (unpaired) electrons. The maximum absolute atomic E-state index is 2.44. The standard InChI is InChI=1S/C24H30/c1-3-4-5-6-20-9-13-22(14-10-20)24-17-15-23(16-18-24)21-11-7-19(2)8-12-21/h9-11,13-19H,3-8,12H2,1-2H3. The number of rotatable bonds is 6. The number of unbranched alkanes of at least 4 members (excludes halogenated alkanes) is 2. The minimum Gasteiger partial charge on any atom is -0.0805 e. The zero-order valence-electron chi connectivity index (χ0n) is 15.2. The molecule has 126 valence electrons. The second kappa shape index (κ2) is 8.33. The van der Waals surface area contributed by atoms with Gasteiger partial charge in [0.05, 0.1) is 0 Å². The third kappa shape index (κ3) is 4.38. The van der Waals surface area contributed by atoms with E-state index >= 15 is 0 Å². The van der Waals surface area contributed by atoms with E-state index < -0.39 is 0 Å². The highest BCUT2D eigenvalue weighted by Crippen LogP contribution is 2.31. The van der Waals surface area contributed by atoms with Gasteiger partial charge in [-0.15, -0.1) is 0 Å². The second-order valence-electron chi connectivity index (χ2n) is 7.34. The van der Waals surface area contributed by atoms with E-state index in [0.29, 0.717) is 0 Å². The number of hydrogen-bond acceptors (Lipinski definition) is 0. The van der Waals surface area contributed by atoms with Crippen LogP contribution in [0.1, 0.15) is 63.5 Å². The second-order valence-corrected chi connectivity index (χ2v) is 7.34. The Kier molecular flexibility index (Phi) is 5.91. The number of benzene rings is 2. The van der Waals surface area contributed by atoms with Gasteiger partial charge in [-0.25, -0.2) is 0 Å². The molecule has 0 spiro atoms. The SMILES string of the molecule is CCCCCc1ccc(-c2ccc(C3=CCC(C)CC3)cc2)cc1. The van der Waals surface area contributed by atoms with Crippen LogP contribution >= 0.6 is 0 Å². The molecule has 2 aromatic rings. The smallest absolute Gasteiger partial charge is 0.0184 e. The Bertz CT molecular complexity index is 658. The van der Waals surface area contributed by atoms with E-state index in [2.05, 4.69) is 68.5 Å². The van der Waals surface area contributed by atoms with Crippen molar-refractivity contribution in [3.05, 3.63) is 65.7 Å². The van der Waals surface area contributed by atoms with Crippen molar-refractivity contribution in [1.82, 2.24) is 0 Å². The van der Waals surface area contributed by atoms with E-state index in [-0.39, 0.29) is 0 Å². The molecule has 1 aliphatic rings. The minimum absolute atomic E-state index is 0.851. The third-order valence-electron chi connectivity index (χ3n) is 5.29. The highest BCUT2D eigenvalue weighted by molar-refractivity contribution is 5.71. The molecule has 0 aliphatic heterocycles. The van der Waals surface area contributed by atoms with Crippen molar-refractivity contribution in [2.75, 3.05) is 0 Å². The molecule has 2 aromatic carbocycles. The van der Waals surface area contributed by atoms with Crippen LogP contribution < -0.4 is 0 Å². The molecule has 3 rings (SSSR count). The molecule has 0 N–H and O–H groups in total. The Balaban J connectivity index is 1.67. The molecule has 0 nitrogen and oxygen atoms in total. The summed E-state index contributed by atoms with van der Waals surface area (Å²) in [5.74, 6) is 0.851. The first-order valence-corrected chi connectivity index (χ1v) is 9.65. The predicted molar refractivity (Wildman–Crippen MR) is 106 cm³/mol. The Hall–Kier alpha value is -1.82. The molecule has 0 amide bonds. The van der Waals surface area contributed by atoms with Crippen molar-refractivity contribution in [2.45, 2.75) is 58.8 Å². The first-order valence-electron chi connectivity index (χ1n) is 9.65. The summed E-state index contributed by atoms with van der Waals surface area (Å²) in [6, 6.07) is 18.3. The average Bonchev–Trinajstić information content (AvgIpc) is 2.63. The van der Waals surface area contributed by atoms with Gasteiger partial charge in [-0.2, -0.15) is 0 Å². The molecule has 1 unspecified atom stereocenters. The lowest BCUT2D eigenvalue weighted by molar-refractivity contribution is 0.534. The van der Waals surface area contributed by atoms with E-state index in [1.54, 1.807) is 0 Å². The van der Waals surface area contributed by atoms with Crippen LogP contribution in [0.2, 0.25) is 0 Å². The monoisotopic (exact) mass is 318 g/mol. The molecule has 0 heteroatoms. The van der Waals surface area contributed by atoms with Crippen LogP contribution in [0.3, 0.4) is 0 Å². The quantitative estimate of drug-likeness (QED) is 0.490. The number of allylic oxidation sites excluding steroid dienone is 2. The van der Waals surface area contributed by atoms with Gasteiger partial charge in [0.1, 0.15) is 0 Å². The predicted octanol–water partition coefficient (Wildman–Crippen LogP) is 7.29. The van der Waals surface area contributed by atoms with Crippen LogP contribution in [0.5, 0.6) is 0 Å². The van der Waals surface area contributed by atoms with Crippen LogP contribution in [0, 0.1) is 5.92 Å². The fourth-order valence-electron chi connectivity index (χ4n) is 3.55. The summed E-state index contributed by atoms with van der Waals surface area (Å²) in [5, 5.41) is 0. The lowest BCUT2D eigenvalue weighted by Crippen LogP contribution is -2.00. The van der Waals surface area contributed by atoms with Crippen LogP contribution in [0.15, 0.2) is 54.6 Å². The van der Waals surface area contributed by atoms with Crippen molar-refractivity contribution >= 4 is 5.57 Å². The first kappa shape index (κ1) is 17.0. The largest absolute Gasteiger partial charge is 0.0805 e. The van der Waals surface area contributed by atoms with Gasteiger partial charge in [-0.3, -0.25) is 0 Å². The molecule has 1 aliphatic carbocycles. The highest BCUT2D eigenvalue weighted by Gasteiger charge is 2.11. The summed E-state index contributed by atoms with van der Waals surface area (Å²) < 4.78 is 0.